The first-order valence-electron chi connectivity index (χ1n) is 9.93. The first kappa shape index (κ1) is 17.7. The molecule has 1 fully saturated rings. The van der Waals surface area contributed by atoms with Crippen LogP contribution in [0.3, 0.4) is 0 Å². The molecule has 0 radical (unpaired) electrons. The Balaban J connectivity index is 1.81. The Bertz CT molecular complexity index is 920. The smallest absolute Gasteiger partial charge is 0.150 e. The maximum atomic E-state index is 11.0. The van der Waals surface area contributed by atoms with Gasteiger partial charge in [0, 0.05) is 22.9 Å². The molecule has 0 atom stereocenters. The molecule has 0 aliphatic heterocycles. The molecule has 1 aliphatic carbocycles. The van der Waals surface area contributed by atoms with Crippen molar-refractivity contribution in [2.24, 2.45) is 0 Å². The van der Waals surface area contributed by atoms with Crippen LogP contribution < -0.4 is 0 Å². The van der Waals surface area contributed by atoms with Crippen LogP contribution in [-0.2, 0) is 6.42 Å². The van der Waals surface area contributed by atoms with E-state index in [9.17, 15) is 4.79 Å². The number of carbonyl (C=O) groups is 1. The van der Waals surface area contributed by atoms with E-state index in [1.54, 1.807) is 0 Å². The fourth-order valence-corrected chi connectivity index (χ4v) is 4.05. The first-order chi connectivity index (χ1) is 13.3. The summed E-state index contributed by atoms with van der Waals surface area (Å²) in [6, 6.07) is 18.8. The van der Waals surface area contributed by atoms with Crippen molar-refractivity contribution < 1.29 is 4.79 Å². The normalized spacial score (nSPS) is 14.4. The van der Waals surface area contributed by atoms with E-state index in [4.69, 9.17) is 4.98 Å². The number of nitrogens with zero attached hydrogens (tertiary/aromatic N) is 1. The lowest BCUT2D eigenvalue weighted by molar-refractivity contribution is 0.112. The molecule has 2 nitrogen and oxygen atoms in total. The van der Waals surface area contributed by atoms with Crippen LogP contribution in [0.2, 0.25) is 0 Å². The average molecular weight is 355 g/mol. The van der Waals surface area contributed by atoms with Crippen LogP contribution in [0.25, 0.3) is 22.4 Å². The van der Waals surface area contributed by atoms with Crippen molar-refractivity contribution in [1.29, 1.82) is 0 Å². The Kier molecular flexibility index (Phi) is 5.15. The van der Waals surface area contributed by atoms with Crippen LogP contribution in [-0.4, -0.2) is 11.3 Å². The Morgan fingerprint density at radius 3 is 2.26 bits per heavy atom. The highest BCUT2D eigenvalue weighted by Crippen LogP contribution is 2.38. The van der Waals surface area contributed by atoms with E-state index in [2.05, 4.69) is 43.5 Å². The van der Waals surface area contributed by atoms with Gasteiger partial charge in [-0.2, -0.15) is 0 Å². The minimum atomic E-state index is 0.627. The lowest BCUT2D eigenvalue weighted by atomic mass is 9.92. The minimum Gasteiger partial charge on any atom is -0.298 e. The van der Waals surface area contributed by atoms with E-state index in [0.717, 1.165) is 35.1 Å². The van der Waals surface area contributed by atoms with Crippen LogP contribution in [0.15, 0.2) is 60.8 Å². The zero-order valence-corrected chi connectivity index (χ0v) is 15.8. The van der Waals surface area contributed by atoms with E-state index < -0.39 is 0 Å². The molecule has 1 heterocycles. The summed E-state index contributed by atoms with van der Waals surface area (Å²) in [5, 5.41) is 0. The molecule has 0 saturated heterocycles. The quantitative estimate of drug-likeness (QED) is 0.492. The van der Waals surface area contributed by atoms with Crippen molar-refractivity contribution in [3.63, 3.8) is 0 Å². The molecule has 0 spiro atoms. The fourth-order valence-electron chi connectivity index (χ4n) is 4.05. The second-order valence-corrected chi connectivity index (χ2v) is 7.44. The number of aromatic nitrogens is 1. The van der Waals surface area contributed by atoms with Gasteiger partial charge in [0.1, 0.15) is 6.29 Å². The third kappa shape index (κ3) is 3.71. The van der Waals surface area contributed by atoms with E-state index in [-0.39, 0.29) is 0 Å². The highest BCUT2D eigenvalue weighted by molar-refractivity contribution is 5.83. The number of aryl methyl sites for hydroxylation is 1. The molecule has 27 heavy (non-hydrogen) atoms. The summed E-state index contributed by atoms with van der Waals surface area (Å²) < 4.78 is 0. The Morgan fingerprint density at radius 2 is 1.63 bits per heavy atom. The van der Waals surface area contributed by atoms with Gasteiger partial charge in [-0.3, -0.25) is 9.78 Å². The van der Waals surface area contributed by atoms with Crippen LogP contribution in [0, 0.1) is 0 Å². The van der Waals surface area contributed by atoms with Crippen LogP contribution in [0.4, 0.5) is 0 Å². The predicted molar refractivity (Wildman–Crippen MR) is 111 cm³/mol. The SMILES string of the molecule is CCc1ccc(-c2ncc(C3CCCC3)cc2-c2ccc(C=O)cc2)cc1. The number of pyridine rings is 1. The van der Waals surface area contributed by atoms with Crippen molar-refractivity contribution in [1.82, 2.24) is 4.98 Å². The maximum Gasteiger partial charge on any atom is 0.150 e. The van der Waals surface area contributed by atoms with Gasteiger partial charge in [0.2, 0.25) is 0 Å². The molecular formula is C25H25NO. The number of hydrogen-bond acceptors (Lipinski definition) is 2. The van der Waals surface area contributed by atoms with Gasteiger partial charge in [-0.25, -0.2) is 0 Å². The number of aldehydes is 1. The monoisotopic (exact) mass is 355 g/mol. The lowest BCUT2D eigenvalue weighted by Gasteiger charge is -2.15. The van der Waals surface area contributed by atoms with Gasteiger partial charge in [-0.15, -0.1) is 0 Å². The Morgan fingerprint density at radius 1 is 0.963 bits per heavy atom. The summed E-state index contributed by atoms with van der Waals surface area (Å²) >= 11 is 0. The molecule has 0 N–H and O–H groups in total. The van der Waals surface area contributed by atoms with Crippen molar-refractivity contribution in [2.75, 3.05) is 0 Å². The predicted octanol–water partition coefficient (Wildman–Crippen LogP) is 6.45. The largest absolute Gasteiger partial charge is 0.298 e. The summed E-state index contributed by atoms with van der Waals surface area (Å²) in [6.07, 6.45) is 9.14. The maximum absolute atomic E-state index is 11.0. The first-order valence-corrected chi connectivity index (χ1v) is 9.93. The molecule has 1 saturated carbocycles. The van der Waals surface area contributed by atoms with Crippen molar-refractivity contribution in [2.45, 2.75) is 44.9 Å². The van der Waals surface area contributed by atoms with Gasteiger partial charge >= 0.3 is 0 Å². The highest BCUT2D eigenvalue weighted by atomic mass is 16.1. The van der Waals surface area contributed by atoms with Gasteiger partial charge in [-0.05, 0) is 47.9 Å². The molecule has 1 aliphatic rings. The number of hydrogen-bond donors (Lipinski definition) is 0. The Hall–Kier alpha value is -2.74. The number of rotatable bonds is 5. The average Bonchev–Trinajstić information content (AvgIpc) is 3.28. The van der Waals surface area contributed by atoms with Crippen molar-refractivity contribution in [3.05, 3.63) is 77.5 Å². The standard InChI is InChI=1S/C25H25NO/c1-2-18-7-13-22(14-8-18)25-24(21-11-9-19(17-27)10-12-21)15-23(16-26-25)20-5-3-4-6-20/h7-17,20H,2-6H2,1H3. The summed E-state index contributed by atoms with van der Waals surface area (Å²) in [6.45, 7) is 2.17. The molecule has 3 aromatic rings. The third-order valence-corrected chi connectivity index (χ3v) is 5.73. The topological polar surface area (TPSA) is 30.0 Å². The van der Waals surface area contributed by atoms with Crippen LogP contribution >= 0.6 is 0 Å². The molecule has 2 aromatic carbocycles. The number of carbonyl (C=O) groups excluding carboxylic acids is 1. The van der Waals surface area contributed by atoms with Crippen molar-refractivity contribution >= 4 is 6.29 Å². The van der Waals surface area contributed by atoms with Crippen LogP contribution in [0.1, 0.15) is 60.0 Å². The second kappa shape index (κ2) is 7.87. The summed E-state index contributed by atoms with van der Waals surface area (Å²) in [5.41, 5.74) is 7.79. The summed E-state index contributed by atoms with van der Waals surface area (Å²) in [7, 11) is 0. The second-order valence-electron chi connectivity index (χ2n) is 7.44. The van der Waals surface area contributed by atoms with E-state index in [1.165, 1.54) is 36.8 Å². The zero-order chi connectivity index (χ0) is 18.6. The van der Waals surface area contributed by atoms with Crippen molar-refractivity contribution in [3.8, 4) is 22.4 Å². The molecule has 0 unspecified atom stereocenters. The molecule has 1 aromatic heterocycles. The lowest BCUT2D eigenvalue weighted by Crippen LogP contribution is -1.98. The summed E-state index contributed by atoms with van der Waals surface area (Å²) in [5.74, 6) is 0.627. The fraction of sp³-hybridized carbons (Fsp3) is 0.280. The molecular weight excluding hydrogens is 330 g/mol. The number of benzene rings is 2. The van der Waals surface area contributed by atoms with E-state index >= 15 is 0 Å². The molecule has 4 rings (SSSR count). The molecule has 0 bridgehead atoms. The Labute approximate surface area is 161 Å². The van der Waals surface area contributed by atoms with Gasteiger partial charge in [0.25, 0.3) is 0 Å². The molecule has 0 amide bonds. The van der Waals surface area contributed by atoms with Crippen LogP contribution in [0.5, 0.6) is 0 Å². The van der Waals surface area contributed by atoms with E-state index in [0.29, 0.717) is 11.5 Å². The summed E-state index contributed by atoms with van der Waals surface area (Å²) in [4.78, 5) is 15.9. The third-order valence-electron chi connectivity index (χ3n) is 5.73. The van der Waals surface area contributed by atoms with E-state index in [1.807, 2.05) is 24.3 Å². The highest BCUT2D eigenvalue weighted by Gasteiger charge is 2.19. The molecule has 136 valence electrons. The van der Waals surface area contributed by atoms with Gasteiger partial charge in [0.15, 0.2) is 0 Å². The van der Waals surface area contributed by atoms with Gasteiger partial charge in [0.05, 0.1) is 5.69 Å². The van der Waals surface area contributed by atoms with Gasteiger partial charge < -0.3 is 0 Å². The minimum absolute atomic E-state index is 0.627. The van der Waals surface area contributed by atoms with Gasteiger partial charge in [-0.1, -0.05) is 68.3 Å². The zero-order valence-electron chi connectivity index (χ0n) is 15.8. The molecule has 2 heteroatoms.